The van der Waals surface area contributed by atoms with Crippen LogP contribution in [0.15, 0.2) is 24.8 Å². The van der Waals surface area contributed by atoms with Crippen LogP contribution in [-0.4, -0.2) is 12.2 Å². The van der Waals surface area contributed by atoms with Gasteiger partial charge in [-0.05, 0) is 25.7 Å². The first-order valence-electron chi connectivity index (χ1n) is 5.78. The van der Waals surface area contributed by atoms with Gasteiger partial charge in [-0.25, -0.2) is 0 Å². The van der Waals surface area contributed by atoms with E-state index in [9.17, 15) is 0 Å². The minimum atomic E-state index is 0.369. The minimum Gasteiger partial charge on any atom is -0.374 e. The van der Waals surface area contributed by atoms with E-state index in [1.807, 2.05) is 6.08 Å². The zero-order chi connectivity index (χ0) is 10.2. The second-order valence-electron chi connectivity index (χ2n) is 3.99. The van der Waals surface area contributed by atoms with E-state index in [0.29, 0.717) is 12.2 Å². The van der Waals surface area contributed by atoms with Gasteiger partial charge in [0.05, 0.1) is 12.2 Å². The smallest absolute Gasteiger partial charge is 0.0647 e. The third-order valence-electron chi connectivity index (χ3n) is 2.66. The van der Waals surface area contributed by atoms with E-state index in [1.54, 1.807) is 0 Å². The molecule has 14 heavy (non-hydrogen) atoms. The molecule has 0 radical (unpaired) electrons. The maximum atomic E-state index is 6.02. The summed E-state index contributed by atoms with van der Waals surface area (Å²) in [6.07, 6.45) is 14.1. The molecule has 0 amide bonds. The summed E-state index contributed by atoms with van der Waals surface area (Å²) < 4.78 is 6.02. The zero-order valence-electron chi connectivity index (χ0n) is 9.24. The number of rotatable bonds is 5. The number of unbranched alkanes of at least 4 members (excludes halogenated alkanes) is 1. The largest absolute Gasteiger partial charge is 0.374 e. The Labute approximate surface area is 87.8 Å². The van der Waals surface area contributed by atoms with Gasteiger partial charge < -0.3 is 4.74 Å². The fourth-order valence-corrected chi connectivity index (χ4v) is 1.83. The van der Waals surface area contributed by atoms with E-state index in [4.69, 9.17) is 4.74 Å². The maximum absolute atomic E-state index is 6.02. The van der Waals surface area contributed by atoms with Gasteiger partial charge in [0.2, 0.25) is 0 Å². The Balaban J connectivity index is 2.35. The van der Waals surface area contributed by atoms with Crippen LogP contribution in [0.25, 0.3) is 0 Å². The Hall–Kier alpha value is -0.560. The van der Waals surface area contributed by atoms with Gasteiger partial charge in [0.15, 0.2) is 0 Å². The van der Waals surface area contributed by atoms with Crippen molar-refractivity contribution in [3.8, 4) is 0 Å². The van der Waals surface area contributed by atoms with Crippen molar-refractivity contribution in [2.45, 2.75) is 57.7 Å². The van der Waals surface area contributed by atoms with E-state index in [-0.39, 0.29) is 0 Å². The molecular formula is C13H22O. The second-order valence-corrected chi connectivity index (χ2v) is 3.99. The molecule has 0 N–H and O–H groups in total. The first kappa shape index (κ1) is 11.5. The van der Waals surface area contributed by atoms with Gasteiger partial charge in [0.1, 0.15) is 0 Å². The molecule has 0 saturated heterocycles. The molecule has 1 heteroatoms. The van der Waals surface area contributed by atoms with Gasteiger partial charge in [-0.1, -0.05) is 38.0 Å². The summed E-state index contributed by atoms with van der Waals surface area (Å²) in [5.74, 6) is 0. The fraction of sp³-hybridized carbons (Fsp3) is 0.692. The van der Waals surface area contributed by atoms with Crippen molar-refractivity contribution < 1.29 is 4.74 Å². The van der Waals surface area contributed by atoms with Crippen LogP contribution in [0.4, 0.5) is 0 Å². The predicted molar refractivity (Wildman–Crippen MR) is 61.4 cm³/mol. The summed E-state index contributed by atoms with van der Waals surface area (Å²) in [7, 11) is 0. The normalized spacial score (nSPS) is 27.2. The Kier molecular flexibility index (Phi) is 5.62. The van der Waals surface area contributed by atoms with Crippen LogP contribution >= 0.6 is 0 Å². The van der Waals surface area contributed by atoms with Crippen molar-refractivity contribution in [1.82, 2.24) is 0 Å². The third kappa shape index (κ3) is 4.10. The van der Waals surface area contributed by atoms with Crippen molar-refractivity contribution in [2.75, 3.05) is 0 Å². The highest BCUT2D eigenvalue weighted by Crippen LogP contribution is 2.19. The van der Waals surface area contributed by atoms with Crippen molar-refractivity contribution in [3.05, 3.63) is 24.8 Å². The average molecular weight is 194 g/mol. The molecule has 2 atom stereocenters. The summed E-state index contributed by atoms with van der Waals surface area (Å²) in [4.78, 5) is 0. The van der Waals surface area contributed by atoms with Crippen LogP contribution < -0.4 is 0 Å². The summed E-state index contributed by atoms with van der Waals surface area (Å²) in [5.41, 5.74) is 0. The predicted octanol–water partition coefficient (Wildman–Crippen LogP) is 3.86. The van der Waals surface area contributed by atoms with Crippen molar-refractivity contribution in [2.24, 2.45) is 0 Å². The lowest BCUT2D eigenvalue weighted by molar-refractivity contribution is -0.00821. The van der Waals surface area contributed by atoms with Crippen molar-refractivity contribution in [1.29, 1.82) is 0 Å². The third-order valence-corrected chi connectivity index (χ3v) is 2.66. The number of ether oxygens (including phenoxy) is 1. The van der Waals surface area contributed by atoms with E-state index < -0.39 is 0 Å². The van der Waals surface area contributed by atoms with Crippen molar-refractivity contribution >= 4 is 0 Å². The van der Waals surface area contributed by atoms with Gasteiger partial charge in [-0.2, -0.15) is 0 Å². The summed E-state index contributed by atoms with van der Waals surface area (Å²) >= 11 is 0. The highest BCUT2D eigenvalue weighted by Gasteiger charge is 2.15. The Morgan fingerprint density at radius 1 is 1.36 bits per heavy atom. The molecule has 0 unspecified atom stereocenters. The molecule has 0 fully saturated rings. The molecule has 1 aliphatic rings. The average Bonchev–Trinajstić information content (AvgIpc) is 2.41. The lowest BCUT2D eigenvalue weighted by atomic mass is 10.1. The molecule has 0 saturated carbocycles. The number of hydrogen-bond donors (Lipinski definition) is 0. The molecule has 0 aromatic heterocycles. The van der Waals surface area contributed by atoms with Crippen molar-refractivity contribution in [3.63, 3.8) is 0 Å². The zero-order valence-corrected chi connectivity index (χ0v) is 9.24. The maximum Gasteiger partial charge on any atom is 0.0647 e. The van der Waals surface area contributed by atoms with Crippen LogP contribution in [0, 0.1) is 0 Å². The molecule has 0 aromatic rings. The Morgan fingerprint density at radius 2 is 2.07 bits per heavy atom. The van der Waals surface area contributed by atoms with Crippen LogP contribution in [0.3, 0.4) is 0 Å². The summed E-state index contributed by atoms with van der Waals surface area (Å²) in [6, 6.07) is 0. The standard InChI is InChI=1S/C13H22O/c1-3-5-9-13-11-7-6-10-12(14-13)8-4-2/h4,6-7,12-13H,2-3,5,8-11H2,1H3/t12-,13-/m0/s1. The second kappa shape index (κ2) is 6.83. The number of hydrogen-bond acceptors (Lipinski definition) is 1. The van der Waals surface area contributed by atoms with Crippen LogP contribution in [0.5, 0.6) is 0 Å². The molecule has 0 aliphatic carbocycles. The van der Waals surface area contributed by atoms with Gasteiger partial charge in [-0.15, -0.1) is 6.58 Å². The molecule has 0 aromatic carbocycles. The Morgan fingerprint density at radius 3 is 2.71 bits per heavy atom. The van der Waals surface area contributed by atoms with Gasteiger partial charge in [-0.3, -0.25) is 0 Å². The van der Waals surface area contributed by atoms with Crippen LogP contribution in [0.2, 0.25) is 0 Å². The molecule has 0 bridgehead atoms. The minimum absolute atomic E-state index is 0.369. The lowest BCUT2D eigenvalue weighted by Crippen LogP contribution is -2.19. The van der Waals surface area contributed by atoms with E-state index in [0.717, 1.165) is 19.3 Å². The van der Waals surface area contributed by atoms with E-state index >= 15 is 0 Å². The van der Waals surface area contributed by atoms with Gasteiger partial charge >= 0.3 is 0 Å². The Bertz CT molecular complexity index is 184. The SMILES string of the molecule is C=CC[C@H]1CC=CC[C@H](CCCC)O1. The van der Waals surface area contributed by atoms with Gasteiger partial charge in [0.25, 0.3) is 0 Å². The summed E-state index contributed by atoms with van der Waals surface area (Å²) in [6.45, 7) is 6.00. The topological polar surface area (TPSA) is 9.23 Å². The molecule has 1 heterocycles. The first-order valence-corrected chi connectivity index (χ1v) is 5.78. The fourth-order valence-electron chi connectivity index (χ4n) is 1.83. The molecule has 1 rings (SSSR count). The summed E-state index contributed by atoms with van der Waals surface area (Å²) in [5, 5.41) is 0. The van der Waals surface area contributed by atoms with Gasteiger partial charge in [0, 0.05) is 0 Å². The highest BCUT2D eigenvalue weighted by molar-refractivity contribution is 4.92. The lowest BCUT2D eigenvalue weighted by Gasteiger charge is -2.20. The molecule has 80 valence electrons. The quantitative estimate of drug-likeness (QED) is 0.604. The highest BCUT2D eigenvalue weighted by atomic mass is 16.5. The molecule has 1 nitrogen and oxygen atoms in total. The molecular weight excluding hydrogens is 172 g/mol. The van der Waals surface area contributed by atoms with E-state index in [1.165, 1.54) is 19.3 Å². The van der Waals surface area contributed by atoms with Crippen LogP contribution in [0.1, 0.15) is 45.4 Å². The monoisotopic (exact) mass is 194 g/mol. The van der Waals surface area contributed by atoms with E-state index in [2.05, 4.69) is 25.7 Å². The van der Waals surface area contributed by atoms with Crippen LogP contribution in [-0.2, 0) is 4.74 Å². The molecule has 0 spiro atoms. The first-order chi connectivity index (χ1) is 6.86. The molecule has 1 aliphatic heterocycles.